The van der Waals surface area contributed by atoms with Gasteiger partial charge in [0.05, 0.1) is 0 Å². The fourth-order valence-corrected chi connectivity index (χ4v) is 1.93. The highest BCUT2D eigenvalue weighted by Gasteiger charge is 1.92. The fraction of sp³-hybridized carbons (Fsp3) is 0.538. The zero-order valence-corrected chi connectivity index (χ0v) is 10.6. The van der Waals surface area contributed by atoms with E-state index in [1.54, 1.807) is 0 Å². The molecule has 0 aliphatic carbocycles. The molecule has 1 rings (SSSR count). The van der Waals surface area contributed by atoms with Gasteiger partial charge in [0.25, 0.3) is 0 Å². The first-order valence-corrected chi connectivity index (χ1v) is 6.97. The van der Waals surface area contributed by atoms with E-state index in [1.165, 1.54) is 29.7 Å². The quantitative estimate of drug-likeness (QED) is 0.712. The summed E-state index contributed by atoms with van der Waals surface area (Å²) in [5, 5.41) is 3.47. The van der Waals surface area contributed by atoms with Gasteiger partial charge in [-0.2, -0.15) is 11.8 Å². The van der Waals surface area contributed by atoms with Crippen LogP contribution in [-0.4, -0.2) is 18.6 Å². The number of unbranched alkanes of at least 4 members (excludes halogenated alkanes) is 1. The molecule has 0 heterocycles. The summed E-state index contributed by atoms with van der Waals surface area (Å²) in [6.45, 7) is 4.26. The van der Waals surface area contributed by atoms with Crippen LogP contribution in [0.5, 0.6) is 0 Å². The lowest BCUT2D eigenvalue weighted by molar-refractivity contribution is 0.644. The highest BCUT2D eigenvalue weighted by atomic mass is 32.2. The third kappa shape index (κ3) is 5.85. The van der Waals surface area contributed by atoms with Gasteiger partial charge in [0.1, 0.15) is 0 Å². The minimum Gasteiger partial charge on any atom is -0.313 e. The van der Waals surface area contributed by atoms with Gasteiger partial charge in [-0.1, -0.05) is 29.8 Å². The second kappa shape index (κ2) is 7.77. The minimum atomic E-state index is 1.000. The van der Waals surface area contributed by atoms with Crippen molar-refractivity contribution in [2.45, 2.75) is 26.3 Å². The van der Waals surface area contributed by atoms with Gasteiger partial charge in [-0.3, -0.25) is 0 Å². The summed E-state index contributed by atoms with van der Waals surface area (Å²) >= 11 is 1.93. The van der Waals surface area contributed by atoms with Crippen molar-refractivity contribution in [1.29, 1.82) is 0 Å². The van der Waals surface area contributed by atoms with Crippen LogP contribution in [0.4, 0.5) is 0 Å². The molecule has 0 aromatic heterocycles. The Bertz CT molecular complexity index is 256. The van der Waals surface area contributed by atoms with Gasteiger partial charge < -0.3 is 5.32 Å². The molecule has 0 spiro atoms. The minimum absolute atomic E-state index is 1.000. The fourth-order valence-electron chi connectivity index (χ4n) is 1.44. The van der Waals surface area contributed by atoms with E-state index in [4.69, 9.17) is 0 Å². The van der Waals surface area contributed by atoms with Crippen molar-refractivity contribution in [2.24, 2.45) is 0 Å². The molecule has 0 aliphatic rings. The SMILES string of the molecule is CSCCCCNCc1ccc(C)cc1. The molecule has 1 nitrogen and oxygen atoms in total. The van der Waals surface area contributed by atoms with E-state index in [-0.39, 0.29) is 0 Å². The highest BCUT2D eigenvalue weighted by Crippen LogP contribution is 2.03. The van der Waals surface area contributed by atoms with Gasteiger partial charge in [-0.05, 0) is 43.9 Å². The van der Waals surface area contributed by atoms with Crippen molar-refractivity contribution in [3.63, 3.8) is 0 Å². The molecular formula is C13H21NS. The summed E-state index contributed by atoms with van der Waals surface area (Å²) in [6.07, 6.45) is 4.77. The van der Waals surface area contributed by atoms with Crippen molar-refractivity contribution in [3.05, 3.63) is 35.4 Å². The van der Waals surface area contributed by atoms with Crippen LogP contribution in [0.1, 0.15) is 24.0 Å². The van der Waals surface area contributed by atoms with Crippen LogP contribution in [0.15, 0.2) is 24.3 Å². The molecule has 0 saturated heterocycles. The van der Waals surface area contributed by atoms with Gasteiger partial charge in [-0.25, -0.2) is 0 Å². The largest absolute Gasteiger partial charge is 0.313 e. The third-order valence-electron chi connectivity index (χ3n) is 2.40. The van der Waals surface area contributed by atoms with E-state index >= 15 is 0 Å². The highest BCUT2D eigenvalue weighted by molar-refractivity contribution is 7.98. The number of nitrogens with one attached hydrogen (secondary N) is 1. The second-order valence-electron chi connectivity index (χ2n) is 3.86. The molecule has 0 radical (unpaired) electrons. The predicted molar refractivity (Wildman–Crippen MR) is 70.5 cm³/mol. The number of rotatable bonds is 7. The van der Waals surface area contributed by atoms with Crippen molar-refractivity contribution in [3.8, 4) is 0 Å². The Hall–Kier alpha value is -0.470. The summed E-state index contributed by atoms with van der Waals surface area (Å²) < 4.78 is 0. The van der Waals surface area contributed by atoms with Crippen LogP contribution in [-0.2, 0) is 6.54 Å². The third-order valence-corrected chi connectivity index (χ3v) is 3.10. The Morgan fingerprint density at radius 1 is 1.13 bits per heavy atom. The van der Waals surface area contributed by atoms with Crippen LogP contribution >= 0.6 is 11.8 Å². The van der Waals surface area contributed by atoms with Gasteiger partial charge in [0.15, 0.2) is 0 Å². The van der Waals surface area contributed by atoms with Crippen molar-refractivity contribution >= 4 is 11.8 Å². The molecule has 1 aromatic carbocycles. The molecule has 1 aromatic rings. The lowest BCUT2D eigenvalue weighted by Crippen LogP contribution is -2.14. The Morgan fingerprint density at radius 3 is 2.53 bits per heavy atom. The van der Waals surface area contributed by atoms with Gasteiger partial charge >= 0.3 is 0 Å². The topological polar surface area (TPSA) is 12.0 Å². The normalized spacial score (nSPS) is 10.5. The number of hydrogen-bond acceptors (Lipinski definition) is 2. The Morgan fingerprint density at radius 2 is 1.87 bits per heavy atom. The van der Waals surface area contributed by atoms with Gasteiger partial charge in [0.2, 0.25) is 0 Å². The summed E-state index contributed by atoms with van der Waals surface area (Å²) in [5.41, 5.74) is 2.71. The number of benzene rings is 1. The van der Waals surface area contributed by atoms with Gasteiger partial charge in [-0.15, -0.1) is 0 Å². The van der Waals surface area contributed by atoms with Crippen LogP contribution < -0.4 is 5.32 Å². The molecule has 0 amide bonds. The average Bonchev–Trinajstić information content (AvgIpc) is 2.26. The molecule has 2 heteroatoms. The first kappa shape index (κ1) is 12.6. The molecule has 1 N–H and O–H groups in total. The van der Waals surface area contributed by atoms with Crippen molar-refractivity contribution < 1.29 is 0 Å². The maximum absolute atomic E-state index is 3.47. The van der Waals surface area contributed by atoms with Crippen molar-refractivity contribution in [1.82, 2.24) is 5.32 Å². The summed E-state index contributed by atoms with van der Waals surface area (Å²) in [4.78, 5) is 0. The van der Waals surface area contributed by atoms with Crippen LogP contribution in [0.2, 0.25) is 0 Å². The number of hydrogen-bond donors (Lipinski definition) is 1. The van der Waals surface area contributed by atoms with E-state index in [2.05, 4.69) is 42.8 Å². The second-order valence-corrected chi connectivity index (χ2v) is 4.85. The molecular weight excluding hydrogens is 202 g/mol. The first-order chi connectivity index (χ1) is 7.33. The van der Waals surface area contributed by atoms with E-state index in [0.29, 0.717) is 0 Å². The molecule has 0 unspecified atom stereocenters. The molecule has 0 bridgehead atoms. The maximum Gasteiger partial charge on any atom is 0.0205 e. The first-order valence-electron chi connectivity index (χ1n) is 5.58. The maximum atomic E-state index is 3.47. The number of thioether (sulfide) groups is 1. The van der Waals surface area contributed by atoms with Crippen LogP contribution in [0.25, 0.3) is 0 Å². The monoisotopic (exact) mass is 223 g/mol. The molecule has 0 aliphatic heterocycles. The molecule has 0 atom stereocenters. The van der Waals surface area contributed by atoms with Crippen LogP contribution in [0, 0.1) is 6.92 Å². The van der Waals surface area contributed by atoms with E-state index in [1.807, 2.05) is 11.8 Å². The molecule has 84 valence electrons. The Balaban J connectivity index is 2.07. The zero-order chi connectivity index (χ0) is 10.9. The van der Waals surface area contributed by atoms with E-state index in [0.717, 1.165) is 13.1 Å². The van der Waals surface area contributed by atoms with Crippen LogP contribution in [0.3, 0.4) is 0 Å². The Kier molecular flexibility index (Phi) is 6.53. The van der Waals surface area contributed by atoms with E-state index < -0.39 is 0 Å². The predicted octanol–water partition coefficient (Wildman–Crippen LogP) is 3.23. The van der Waals surface area contributed by atoms with Gasteiger partial charge in [0, 0.05) is 6.54 Å². The Labute approximate surface area is 97.7 Å². The lowest BCUT2D eigenvalue weighted by Gasteiger charge is -2.04. The molecule has 0 fully saturated rings. The number of aryl methyl sites for hydroxylation is 1. The summed E-state index contributed by atoms with van der Waals surface area (Å²) in [6, 6.07) is 8.74. The standard InChI is InChI=1S/C13H21NS/c1-12-5-7-13(8-6-12)11-14-9-3-4-10-15-2/h5-8,14H,3-4,9-11H2,1-2H3. The average molecular weight is 223 g/mol. The van der Waals surface area contributed by atoms with Crippen molar-refractivity contribution in [2.75, 3.05) is 18.6 Å². The van der Waals surface area contributed by atoms with E-state index in [9.17, 15) is 0 Å². The summed E-state index contributed by atoms with van der Waals surface area (Å²) in [5.74, 6) is 1.28. The smallest absolute Gasteiger partial charge is 0.0205 e. The molecule has 0 saturated carbocycles. The molecule has 15 heavy (non-hydrogen) atoms. The lowest BCUT2D eigenvalue weighted by atomic mass is 10.1. The summed E-state index contributed by atoms with van der Waals surface area (Å²) in [7, 11) is 0. The zero-order valence-electron chi connectivity index (χ0n) is 9.75.